The molecule has 6 heteroatoms. The summed E-state index contributed by atoms with van der Waals surface area (Å²) in [5, 5.41) is 10.0. The summed E-state index contributed by atoms with van der Waals surface area (Å²) in [5.41, 5.74) is 4.70. The SMILES string of the molecule is Cc1ccc(C=Nc2c(C(=O)c3ccccc3)sc3nnc(-c4ccccc4)c(-c4ccccc4)c23)o1. The van der Waals surface area contributed by atoms with Gasteiger partial charge in [0.1, 0.15) is 26.9 Å². The number of carbonyl (C=O) groups excluding carboxylic acids is 1. The van der Waals surface area contributed by atoms with Crippen molar-refractivity contribution in [1.82, 2.24) is 10.2 Å². The Kier molecular flexibility index (Phi) is 6.00. The molecule has 178 valence electrons. The normalized spacial score (nSPS) is 11.4. The zero-order valence-electron chi connectivity index (χ0n) is 20.0. The van der Waals surface area contributed by atoms with Crippen LogP contribution in [0.15, 0.2) is 113 Å². The van der Waals surface area contributed by atoms with Gasteiger partial charge in [-0.15, -0.1) is 21.5 Å². The van der Waals surface area contributed by atoms with Crippen molar-refractivity contribution in [2.45, 2.75) is 6.92 Å². The Bertz CT molecular complexity index is 1740. The van der Waals surface area contributed by atoms with Crippen molar-refractivity contribution in [2.75, 3.05) is 0 Å². The zero-order chi connectivity index (χ0) is 25.2. The predicted molar refractivity (Wildman–Crippen MR) is 149 cm³/mol. The van der Waals surface area contributed by atoms with Gasteiger partial charge in [0.25, 0.3) is 0 Å². The molecule has 0 radical (unpaired) electrons. The van der Waals surface area contributed by atoms with E-state index in [4.69, 9.17) is 9.41 Å². The van der Waals surface area contributed by atoms with Crippen LogP contribution >= 0.6 is 11.3 Å². The van der Waals surface area contributed by atoms with Crippen LogP contribution in [0, 0.1) is 6.92 Å². The van der Waals surface area contributed by atoms with Gasteiger partial charge in [-0.2, -0.15) is 0 Å². The van der Waals surface area contributed by atoms with Crippen LogP contribution in [0.1, 0.15) is 26.8 Å². The van der Waals surface area contributed by atoms with E-state index >= 15 is 0 Å². The van der Waals surface area contributed by atoms with Crippen molar-refractivity contribution in [3.63, 3.8) is 0 Å². The molecule has 0 spiro atoms. The minimum atomic E-state index is -0.105. The molecule has 0 saturated carbocycles. The third-order valence-corrected chi connectivity index (χ3v) is 7.09. The van der Waals surface area contributed by atoms with Crippen LogP contribution < -0.4 is 0 Å². The number of fused-ring (bicyclic) bond motifs is 1. The Balaban J connectivity index is 1.67. The van der Waals surface area contributed by atoms with Gasteiger partial charge in [-0.25, -0.2) is 0 Å². The highest BCUT2D eigenvalue weighted by Crippen LogP contribution is 2.46. The fraction of sp³-hybridized carbons (Fsp3) is 0.0323. The molecule has 0 aliphatic heterocycles. The molecule has 6 aromatic rings. The molecule has 0 bridgehead atoms. The number of benzene rings is 3. The lowest BCUT2D eigenvalue weighted by molar-refractivity contribution is 0.104. The number of thiophene rings is 1. The summed E-state index contributed by atoms with van der Waals surface area (Å²) < 4.78 is 5.73. The molecule has 0 atom stereocenters. The molecule has 6 rings (SSSR count). The maximum Gasteiger partial charge on any atom is 0.205 e. The van der Waals surface area contributed by atoms with Gasteiger partial charge >= 0.3 is 0 Å². The Morgan fingerprint density at radius 3 is 2.11 bits per heavy atom. The van der Waals surface area contributed by atoms with Gasteiger partial charge < -0.3 is 4.42 Å². The summed E-state index contributed by atoms with van der Waals surface area (Å²) in [4.78, 5) is 19.7. The number of aromatic nitrogens is 2. The van der Waals surface area contributed by atoms with Crippen LogP contribution in [-0.2, 0) is 0 Å². The average Bonchev–Trinajstić information content (AvgIpc) is 3.55. The van der Waals surface area contributed by atoms with E-state index in [1.165, 1.54) is 11.3 Å². The maximum atomic E-state index is 13.7. The second kappa shape index (κ2) is 9.76. The number of rotatable bonds is 6. The standard InChI is InChI=1S/C31H21N3O2S/c1-20-17-18-24(36-20)19-32-28-26-25(21-11-5-2-6-12-21)27(22-13-7-3-8-14-22)33-34-31(26)37-30(28)29(35)23-15-9-4-10-16-23/h2-19H,1H3. The van der Waals surface area contributed by atoms with E-state index in [1.54, 1.807) is 6.21 Å². The monoisotopic (exact) mass is 499 g/mol. The molecule has 0 unspecified atom stereocenters. The van der Waals surface area contributed by atoms with Gasteiger partial charge in [-0.05, 0) is 24.6 Å². The number of furan rings is 1. The van der Waals surface area contributed by atoms with E-state index in [1.807, 2.05) is 110 Å². The Labute approximate surface area is 217 Å². The third-order valence-electron chi connectivity index (χ3n) is 6.03. The molecule has 3 aromatic heterocycles. The molecule has 5 nitrogen and oxygen atoms in total. The largest absolute Gasteiger partial charge is 0.460 e. The van der Waals surface area contributed by atoms with Crippen LogP contribution in [0.25, 0.3) is 32.6 Å². The molecule has 0 fully saturated rings. The summed E-state index contributed by atoms with van der Waals surface area (Å²) in [6.45, 7) is 1.89. The van der Waals surface area contributed by atoms with E-state index < -0.39 is 0 Å². The lowest BCUT2D eigenvalue weighted by Crippen LogP contribution is -1.98. The highest BCUT2D eigenvalue weighted by Gasteiger charge is 2.25. The van der Waals surface area contributed by atoms with Gasteiger partial charge in [-0.1, -0.05) is 91.0 Å². The minimum Gasteiger partial charge on any atom is -0.460 e. The fourth-order valence-corrected chi connectivity index (χ4v) is 5.34. The molecular formula is C31H21N3O2S. The first-order valence-corrected chi connectivity index (χ1v) is 12.6. The van der Waals surface area contributed by atoms with Crippen molar-refractivity contribution < 1.29 is 9.21 Å². The second-order valence-corrected chi connectivity index (χ2v) is 9.52. The highest BCUT2D eigenvalue weighted by molar-refractivity contribution is 7.21. The number of hydrogen-bond donors (Lipinski definition) is 0. The Hall–Kier alpha value is -4.68. The highest BCUT2D eigenvalue weighted by atomic mass is 32.1. The number of hydrogen-bond acceptors (Lipinski definition) is 6. The summed E-state index contributed by atoms with van der Waals surface area (Å²) in [7, 11) is 0. The Morgan fingerprint density at radius 1 is 0.811 bits per heavy atom. The zero-order valence-corrected chi connectivity index (χ0v) is 20.8. The predicted octanol–water partition coefficient (Wildman–Crippen LogP) is 7.91. The van der Waals surface area contributed by atoms with Crippen LogP contribution in [-0.4, -0.2) is 22.2 Å². The number of carbonyl (C=O) groups is 1. The van der Waals surface area contributed by atoms with Crippen LogP contribution in [0.3, 0.4) is 0 Å². The minimum absolute atomic E-state index is 0.105. The van der Waals surface area contributed by atoms with Gasteiger partial charge in [0.15, 0.2) is 0 Å². The van der Waals surface area contributed by atoms with Crippen molar-refractivity contribution >= 4 is 39.2 Å². The molecule has 0 amide bonds. The molecule has 37 heavy (non-hydrogen) atoms. The van der Waals surface area contributed by atoms with E-state index in [-0.39, 0.29) is 5.78 Å². The van der Waals surface area contributed by atoms with Crippen LogP contribution in [0.2, 0.25) is 0 Å². The van der Waals surface area contributed by atoms with E-state index in [9.17, 15) is 4.79 Å². The lowest BCUT2D eigenvalue weighted by atomic mass is 9.96. The summed E-state index contributed by atoms with van der Waals surface area (Å²) >= 11 is 1.31. The molecule has 0 saturated heterocycles. The van der Waals surface area contributed by atoms with Crippen LogP contribution in [0.4, 0.5) is 5.69 Å². The number of ketones is 1. The lowest BCUT2D eigenvalue weighted by Gasteiger charge is -2.11. The molecular weight excluding hydrogens is 478 g/mol. The van der Waals surface area contributed by atoms with E-state index in [0.717, 1.165) is 33.5 Å². The number of aryl methyl sites for hydroxylation is 1. The van der Waals surface area contributed by atoms with Crippen molar-refractivity contribution in [3.8, 4) is 22.4 Å². The number of nitrogens with zero attached hydrogens (tertiary/aromatic N) is 3. The number of aliphatic imine (C=N–C) groups is 1. The molecule has 3 aromatic carbocycles. The van der Waals surface area contributed by atoms with E-state index in [0.29, 0.717) is 26.7 Å². The fourth-order valence-electron chi connectivity index (χ4n) is 4.30. The van der Waals surface area contributed by atoms with Crippen molar-refractivity contribution in [1.29, 1.82) is 0 Å². The Morgan fingerprint density at radius 2 is 1.46 bits per heavy atom. The average molecular weight is 500 g/mol. The first-order valence-electron chi connectivity index (χ1n) is 11.8. The topological polar surface area (TPSA) is 68.3 Å². The molecule has 0 aliphatic rings. The second-order valence-electron chi connectivity index (χ2n) is 8.52. The quantitative estimate of drug-likeness (QED) is 0.172. The van der Waals surface area contributed by atoms with Gasteiger partial charge in [0.2, 0.25) is 5.78 Å². The summed E-state index contributed by atoms with van der Waals surface area (Å²) in [6.07, 6.45) is 1.66. The first-order chi connectivity index (χ1) is 18.2. The molecule has 0 N–H and O–H groups in total. The van der Waals surface area contributed by atoms with E-state index in [2.05, 4.69) is 10.2 Å². The molecule has 0 aliphatic carbocycles. The first kappa shape index (κ1) is 22.8. The third kappa shape index (κ3) is 4.39. The smallest absolute Gasteiger partial charge is 0.205 e. The summed E-state index contributed by atoms with van der Waals surface area (Å²) in [6, 6.07) is 33.0. The van der Waals surface area contributed by atoms with Gasteiger partial charge in [0.05, 0.1) is 11.9 Å². The van der Waals surface area contributed by atoms with Gasteiger partial charge in [0, 0.05) is 22.1 Å². The van der Waals surface area contributed by atoms with Crippen molar-refractivity contribution in [3.05, 3.63) is 125 Å². The van der Waals surface area contributed by atoms with Crippen LogP contribution in [0.5, 0.6) is 0 Å². The van der Waals surface area contributed by atoms with Crippen molar-refractivity contribution in [2.24, 2.45) is 4.99 Å². The molecule has 3 heterocycles. The maximum absolute atomic E-state index is 13.7. The van der Waals surface area contributed by atoms with Gasteiger partial charge in [-0.3, -0.25) is 9.79 Å². The summed E-state index contributed by atoms with van der Waals surface area (Å²) in [5.74, 6) is 1.30.